The Balaban J connectivity index is 1.87. The fourth-order valence-corrected chi connectivity index (χ4v) is 3.69. The van der Waals surface area contributed by atoms with Crippen LogP contribution in [-0.4, -0.2) is 25.5 Å². The molecular formula is C24H22N2O3. The molecule has 0 aliphatic rings. The van der Waals surface area contributed by atoms with E-state index in [4.69, 9.17) is 0 Å². The second-order valence-electron chi connectivity index (χ2n) is 6.98. The van der Waals surface area contributed by atoms with Crippen molar-refractivity contribution in [3.63, 3.8) is 0 Å². The minimum absolute atomic E-state index is 0.135. The van der Waals surface area contributed by atoms with Gasteiger partial charge in [0.05, 0.1) is 17.3 Å². The molecule has 4 rings (SSSR count). The van der Waals surface area contributed by atoms with Crippen molar-refractivity contribution >= 4 is 0 Å². The number of H-pyrrole nitrogens is 1. The molecular weight excluding hydrogens is 364 g/mol. The molecule has 0 unspecified atom stereocenters. The zero-order chi connectivity index (χ0) is 20.4. The number of phenolic OH excluding ortho intramolecular Hbond substituents is 3. The SMILES string of the molecule is CCc1c(-c2ccc(O)cc2)n[nH]c1C(c1ccc(O)cc1)c1ccc(O)cc1. The molecule has 0 aliphatic heterocycles. The molecule has 3 aromatic carbocycles. The summed E-state index contributed by atoms with van der Waals surface area (Å²) < 4.78 is 0. The monoisotopic (exact) mass is 386 g/mol. The number of hydrogen-bond acceptors (Lipinski definition) is 4. The van der Waals surface area contributed by atoms with E-state index < -0.39 is 0 Å². The first-order valence-corrected chi connectivity index (χ1v) is 9.51. The molecule has 4 aromatic rings. The van der Waals surface area contributed by atoms with Crippen LogP contribution in [0.4, 0.5) is 0 Å². The quantitative estimate of drug-likeness (QED) is 0.391. The predicted octanol–water partition coefficient (Wildman–Crippen LogP) is 4.94. The first-order valence-electron chi connectivity index (χ1n) is 9.51. The molecule has 1 heterocycles. The van der Waals surface area contributed by atoms with Crippen LogP contribution in [0, 0.1) is 0 Å². The van der Waals surface area contributed by atoms with Crippen molar-refractivity contribution < 1.29 is 15.3 Å². The molecule has 0 atom stereocenters. The molecule has 0 fully saturated rings. The Hall–Kier alpha value is -3.73. The van der Waals surface area contributed by atoms with E-state index in [0.717, 1.165) is 40.1 Å². The van der Waals surface area contributed by atoms with Crippen molar-refractivity contribution in [3.05, 3.63) is 95.2 Å². The van der Waals surface area contributed by atoms with Gasteiger partial charge in [-0.3, -0.25) is 5.10 Å². The van der Waals surface area contributed by atoms with Gasteiger partial charge in [0.1, 0.15) is 17.2 Å². The first kappa shape index (κ1) is 18.6. The van der Waals surface area contributed by atoms with Crippen molar-refractivity contribution in [2.24, 2.45) is 0 Å². The molecule has 0 bridgehead atoms. The third-order valence-corrected chi connectivity index (χ3v) is 5.13. The number of rotatable bonds is 5. The fraction of sp³-hybridized carbons (Fsp3) is 0.125. The van der Waals surface area contributed by atoms with Gasteiger partial charge in [-0.25, -0.2) is 0 Å². The molecule has 0 aliphatic carbocycles. The van der Waals surface area contributed by atoms with E-state index in [9.17, 15) is 15.3 Å². The third-order valence-electron chi connectivity index (χ3n) is 5.13. The van der Waals surface area contributed by atoms with Crippen molar-refractivity contribution in [1.82, 2.24) is 10.2 Å². The van der Waals surface area contributed by atoms with Gasteiger partial charge in [-0.1, -0.05) is 31.2 Å². The predicted molar refractivity (Wildman–Crippen MR) is 112 cm³/mol. The van der Waals surface area contributed by atoms with E-state index in [1.54, 1.807) is 36.4 Å². The van der Waals surface area contributed by atoms with Gasteiger partial charge in [-0.2, -0.15) is 5.10 Å². The van der Waals surface area contributed by atoms with Crippen molar-refractivity contribution in [1.29, 1.82) is 0 Å². The summed E-state index contributed by atoms with van der Waals surface area (Å²) in [5.41, 5.74) is 5.84. The average molecular weight is 386 g/mol. The van der Waals surface area contributed by atoms with Crippen LogP contribution in [0.5, 0.6) is 17.2 Å². The van der Waals surface area contributed by atoms with Crippen molar-refractivity contribution in [2.45, 2.75) is 19.3 Å². The number of phenols is 3. The molecule has 0 spiro atoms. The Bertz CT molecular complexity index is 1050. The van der Waals surface area contributed by atoms with E-state index in [2.05, 4.69) is 17.1 Å². The zero-order valence-corrected chi connectivity index (χ0v) is 16.0. The van der Waals surface area contributed by atoms with Crippen LogP contribution in [0.1, 0.15) is 35.2 Å². The maximum absolute atomic E-state index is 9.72. The molecule has 5 nitrogen and oxygen atoms in total. The summed E-state index contributed by atoms with van der Waals surface area (Å²) >= 11 is 0. The summed E-state index contributed by atoms with van der Waals surface area (Å²) in [6, 6.07) is 21.3. The maximum atomic E-state index is 9.72. The minimum Gasteiger partial charge on any atom is -0.508 e. The van der Waals surface area contributed by atoms with Gasteiger partial charge < -0.3 is 15.3 Å². The van der Waals surface area contributed by atoms with Crippen molar-refractivity contribution in [2.75, 3.05) is 0 Å². The van der Waals surface area contributed by atoms with Crippen LogP contribution in [0.2, 0.25) is 0 Å². The highest BCUT2D eigenvalue weighted by Crippen LogP contribution is 2.37. The minimum atomic E-state index is -0.135. The molecule has 1 aromatic heterocycles. The van der Waals surface area contributed by atoms with Gasteiger partial charge in [-0.15, -0.1) is 0 Å². The molecule has 29 heavy (non-hydrogen) atoms. The lowest BCUT2D eigenvalue weighted by Gasteiger charge is -2.19. The van der Waals surface area contributed by atoms with Crippen molar-refractivity contribution in [3.8, 4) is 28.5 Å². The van der Waals surface area contributed by atoms with E-state index >= 15 is 0 Å². The topological polar surface area (TPSA) is 89.4 Å². The standard InChI is InChI=1S/C24H22N2O3/c1-2-21-23(17-7-13-20(29)14-8-17)25-26-24(21)22(15-3-9-18(27)10-4-15)16-5-11-19(28)12-6-16/h3-14,22,27-29H,2H2,1H3,(H,25,26). The van der Waals surface area contributed by atoms with Crippen LogP contribution in [0.15, 0.2) is 72.8 Å². The van der Waals surface area contributed by atoms with E-state index in [-0.39, 0.29) is 23.2 Å². The molecule has 146 valence electrons. The van der Waals surface area contributed by atoms with Gasteiger partial charge >= 0.3 is 0 Å². The first-order chi connectivity index (χ1) is 14.1. The summed E-state index contributed by atoms with van der Waals surface area (Å²) in [6.07, 6.45) is 0.773. The number of aromatic amines is 1. The number of aromatic nitrogens is 2. The Kier molecular flexibility index (Phi) is 4.96. The fourth-order valence-electron chi connectivity index (χ4n) is 3.69. The second-order valence-corrected chi connectivity index (χ2v) is 6.98. The molecule has 0 saturated heterocycles. The lowest BCUT2D eigenvalue weighted by Crippen LogP contribution is -2.06. The van der Waals surface area contributed by atoms with Crippen LogP contribution in [0.3, 0.4) is 0 Å². The van der Waals surface area contributed by atoms with Gasteiger partial charge in [0.15, 0.2) is 0 Å². The summed E-state index contributed by atoms with van der Waals surface area (Å²) in [5.74, 6) is 0.504. The summed E-state index contributed by atoms with van der Waals surface area (Å²) in [4.78, 5) is 0. The Morgan fingerprint density at radius 1 is 0.724 bits per heavy atom. The van der Waals surface area contributed by atoms with Crippen LogP contribution in [-0.2, 0) is 6.42 Å². The number of aromatic hydroxyl groups is 3. The Labute approximate surface area is 168 Å². The Morgan fingerprint density at radius 2 is 1.17 bits per heavy atom. The number of nitrogens with one attached hydrogen (secondary N) is 1. The normalized spacial score (nSPS) is 11.1. The zero-order valence-electron chi connectivity index (χ0n) is 16.0. The van der Waals surface area contributed by atoms with Gasteiger partial charge in [0.25, 0.3) is 0 Å². The number of nitrogens with zero attached hydrogens (tertiary/aromatic N) is 1. The molecule has 5 heteroatoms. The van der Waals surface area contributed by atoms with Gasteiger partial charge in [0, 0.05) is 11.1 Å². The Morgan fingerprint density at radius 3 is 1.62 bits per heavy atom. The van der Waals surface area contributed by atoms with E-state index in [0.29, 0.717) is 0 Å². The summed E-state index contributed by atoms with van der Waals surface area (Å²) in [5, 5.41) is 36.8. The van der Waals surface area contributed by atoms with Crippen LogP contribution < -0.4 is 0 Å². The highest BCUT2D eigenvalue weighted by Gasteiger charge is 2.24. The molecule has 0 radical (unpaired) electrons. The van der Waals surface area contributed by atoms with Crippen LogP contribution in [0.25, 0.3) is 11.3 Å². The number of benzene rings is 3. The van der Waals surface area contributed by atoms with Crippen LogP contribution >= 0.6 is 0 Å². The summed E-state index contributed by atoms with van der Waals surface area (Å²) in [6.45, 7) is 2.09. The van der Waals surface area contributed by atoms with E-state index in [1.807, 2.05) is 36.4 Å². The average Bonchev–Trinajstić information content (AvgIpc) is 3.15. The lowest BCUT2D eigenvalue weighted by atomic mass is 9.85. The summed E-state index contributed by atoms with van der Waals surface area (Å²) in [7, 11) is 0. The molecule has 0 amide bonds. The second kappa shape index (κ2) is 7.72. The number of hydrogen-bond donors (Lipinski definition) is 4. The van der Waals surface area contributed by atoms with Gasteiger partial charge in [-0.05, 0) is 66.1 Å². The smallest absolute Gasteiger partial charge is 0.115 e. The highest BCUT2D eigenvalue weighted by molar-refractivity contribution is 5.66. The molecule has 4 N–H and O–H groups in total. The van der Waals surface area contributed by atoms with Gasteiger partial charge in [0.2, 0.25) is 0 Å². The van der Waals surface area contributed by atoms with E-state index in [1.165, 1.54) is 0 Å². The lowest BCUT2D eigenvalue weighted by molar-refractivity contribution is 0.474. The highest BCUT2D eigenvalue weighted by atomic mass is 16.3. The maximum Gasteiger partial charge on any atom is 0.115 e. The largest absolute Gasteiger partial charge is 0.508 e. The third kappa shape index (κ3) is 3.67. The molecule has 0 saturated carbocycles.